The number of methoxy groups -OCH3 is 1. The highest BCUT2D eigenvalue weighted by atomic mass is 16.5. The molecule has 0 amide bonds. The average molecular weight is 448 g/mol. The zero-order valence-electron chi connectivity index (χ0n) is 19.0. The standard InChI is InChI=1S/C25H29N5O3/c1-17(31)33-19-8-5-7-18(15-19)16-27-12-6-13-30-22(11-14-32-2)29-23-24(30)20-9-3-4-10-21(20)28-25(23)26/h3-5,7-10,15,27H,6,11-14,16H2,1-2H3,(H2,26,28). The zero-order valence-corrected chi connectivity index (χ0v) is 19.0. The van der Waals surface area contributed by atoms with Crippen LogP contribution in [0.2, 0.25) is 0 Å². The van der Waals surface area contributed by atoms with Crippen molar-refractivity contribution in [3.8, 4) is 5.75 Å². The molecular formula is C25H29N5O3. The van der Waals surface area contributed by atoms with Crippen LogP contribution in [-0.2, 0) is 29.0 Å². The fraction of sp³-hybridized carbons (Fsp3) is 0.320. The Labute approximate surface area is 192 Å². The zero-order chi connectivity index (χ0) is 23.2. The maximum atomic E-state index is 11.2. The van der Waals surface area contributed by atoms with Gasteiger partial charge in [-0.25, -0.2) is 9.97 Å². The lowest BCUT2D eigenvalue weighted by atomic mass is 10.2. The van der Waals surface area contributed by atoms with E-state index in [1.165, 1.54) is 6.92 Å². The highest BCUT2D eigenvalue weighted by Crippen LogP contribution is 2.29. The molecule has 0 atom stereocenters. The van der Waals surface area contributed by atoms with E-state index in [0.717, 1.165) is 52.8 Å². The monoisotopic (exact) mass is 447 g/mol. The van der Waals surface area contributed by atoms with Gasteiger partial charge in [0.05, 0.1) is 17.6 Å². The summed E-state index contributed by atoms with van der Waals surface area (Å²) in [6.45, 7) is 4.29. The maximum Gasteiger partial charge on any atom is 0.308 e. The van der Waals surface area contributed by atoms with E-state index in [9.17, 15) is 4.79 Å². The quantitative estimate of drug-likeness (QED) is 0.218. The first-order valence-corrected chi connectivity index (χ1v) is 11.1. The Morgan fingerprint density at radius 1 is 1.15 bits per heavy atom. The summed E-state index contributed by atoms with van der Waals surface area (Å²) in [5.74, 6) is 1.64. The van der Waals surface area contributed by atoms with Gasteiger partial charge in [-0.05, 0) is 36.7 Å². The van der Waals surface area contributed by atoms with Crippen molar-refractivity contribution >= 4 is 33.7 Å². The molecule has 2 heterocycles. The minimum Gasteiger partial charge on any atom is -0.427 e. The van der Waals surface area contributed by atoms with Crippen LogP contribution in [0.25, 0.3) is 21.9 Å². The van der Waals surface area contributed by atoms with Crippen molar-refractivity contribution < 1.29 is 14.3 Å². The molecule has 0 radical (unpaired) electrons. The summed E-state index contributed by atoms with van der Waals surface area (Å²) in [4.78, 5) is 20.5. The third-order valence-electron chi connectivity index (χ3n) is 5.44. The van der Waals surface area contributed by atoms with Crippen molar-refractivity contribution in [2.45, 2.75) is 32.9 Å². The molecule has 2 aromatic heterocycles. The number of carbonyl (C=O) groups excluding carboxylic acids is 1. The van der Waals surface area contributed by atoms with Crippen LogP contribution >= 0.6 is 0 Å². The van der Waals surface area contributed by atoms with Gasteiger partial charge in [0, 0.05) is 38.9 Å². The van der Waals surface area contributed by atoms with Gasteiger partial charge in [-0.3, -0.25) is 4.79 Å². The van der Waals surface area contributed by atoms with Crippen molar-refractivity contribution in [2.24, 2.45) is 0 Å². The number of esters is 1. The molecule has 2 aromatic carbocycles. The smallest absolute Gasteiger partial charge is 0.308 e. The number of nitrogens with two attached hydrogens (primary N) is 1. The van der Waals surface area contributed by atoms with Gasteiger partial charge in [0.25, 0.3) is 0 Å². The van der Waals surface area contributed by atoms with Crippen LogP contribution in [0.15, 0.2) is 48.5 Å². The number of hydrogen-bond donors (Lipinski definition) is 2. The highest BCUT2D eigenvalue weighted by Gasteiger charge is 2.16. The van der Waals surface area contributed by atoms with Gasteiger partial charge in [-0.15, -0.1) is 0 Å². The third kappa shape index (κ3) is 5.30. The molecule has 0 fully saturated rings. The van der Waals surface area contributed by atoms with Gasteiger partial charge in [-0.2, -0.15) is 0 Å². The Morgan fingerprint density at radius 2 is 2.00 bits per heavy atom. The van der Waals surface area contributed by atoms with E-state index in [4.69, 9.17) is 20.2 Å². The molecule has 0 spiro atoms. The fourth-order valence-corrected chi connectivity index (χ4v) is 4.01. The molecule has 0 saturated carbocycles. The Morgan fingerprint density at radius 3 is 2.82 bits per heavy atom. The summed E-state index contributed by atoms with van der Waals surface area (Å²) < 4.78 is 12.7. The average Bonchev–Trinajstić information content (AvgIpc) is 3.16. The van der Waals surface area contributed by atoms with Crippen molar-refractivity contribution in [3.63, 3.8) is 0 Å². The number of benzene rings is 2. The van der Waals surface area contributed by atoms with Crippen LogP contribution in [0, 0.1) is 0 Å². The van der Waals surface area contributed by atoms with E-state index in [-0.39, 0.29) is 5.97 Å². The Hall–Kier alpha value is -3.49. The number of imidazole rings is 1. The van der Waals surface area contributed by atoms with E-state index >= 15 is 0 Å². The van der Waals surface area contributed by atoms with Crippen molar-refractivity contribution in [1.82, 2.24) is 19.9 Å². The molecule has 3 N–H and O–H groups in total. The van der Waals surface area contributed by atoms with E-state index in [1.807, 2.05) is 36.4 Å². The number of nitrogen functional groups attached to an aromatic ring is 1. The Balaban J connectivity index is 1.48. The first kappa shape index (κ1) is 22.7. The molecule has 8 heteroatoms. The van der Waals surface area contributed by atoms with Crippen LogP contribution in [0.4, 0.5) is 5.82 Å². The number of aromatic nitrogens is 3. The second-order valence-corrected chi connectivity index (χ2v) is 7.91. The number of pyridine rings is 1. The normalized spacial score (nSPS) is 11.3. The molecule has 172 valence electrons. The SMILES string of the molecule is COCCc1nc2c(N)nc3ccccc3c2n1CCCNCc1cccc(OC(C)=O)c1. The first-order chi connectivity index (χ1) is 16.1. The number of nitrogens with zero attached hydrogens (tertiary/aromatic N) is 3. The largest absolute Gasteiger partial charge is 0.427 e. The van der Waals surface area contributed by atoms with E-state index in [2.05, 4.69) is 20.9 Å². The minimum atomic E-state index is -0.319. The predicted octanol–water partition coefficient (Wildman–Crippen LogP) is 3.46. The number of aryl methyl sites for hydroxylation is 1. The topological polar surface area (TPSA) is 104 Å². The fourth-order valence-electron chi connectivity index (χ4n) is 4.01. The van der Waals surface area contributed by atoms with E-state index < -0.39 is 0 Å². The molecule has 8 nitrogen and oxygen atoms in total. The number of fused-ring (bicyclic) bond motifs is 3. The van der Waals surface area contributed by atoms with Gasteiger partial charge in [0.2, 0.25) is 0 Å². The summed E-state index contributed by atoms with van der Waals surface area (Å²) in [5, 5.41) is 4.52. The van der Waals surface area contributed by atoms with Gasteiger partial charge in [0.1, 0.15) is 17.1 Å². The number of anilines is 1. The van der Waals surface area contributed by atoms with Crippen LogP contribution in [0.1, 0.15) is 24.7 Å². The second kappa shape index (κ2) is 10.4. The molecule has 4 aromatic rings. The molecule has 0 aliphatic heterocycles. The molecule has 0 saturated heterocycles. The van der Waals surface area contributed by atoms with Gasteiger partial charge in [-0.1, -0.05) is 30.3 Å². The summed E-state index contributed by atoms with van der Waals surface area (Å²) >= 11 is 0. The second-order valence-electron chi connectivity index (χ2n) is 7.91. The van der Waals surface area contributed by atoms with Crippen LogP contribution in [0.5, 0.6) is 5.75 Å². The van der Waals surface area contributed by atoms with Gasteiger partial charge in [0.15, 0.2) is 5.82 Å². The third-order valence-corrected chi connectivity index (χ3v) is 5.44. The number of rotatable bonds is 10. The van der Waals surface area contributed by atoms with Crippen molar-refractivity contribution in [2.75, 3.05) is 26.0 Å². The van der Waals surface area contributed by atoms with Crippen molar-refractivity contribution in [3.05, 3.63) is 59.9 Å². The lowest BCUT2D eigenvalue weighted by Gasteiger charge is -2.12. The minimum absolute atomic E-state index is 0.319. The summed E-state index contributed by atoms with van der Waals surface area (Å²) in [5.41, 5.74) is 9.96. The van der Waals surface area contributed by atoms with Gasteiger partial charge >= 0.3 is 5.97 Å². The summed E-state index contributed by atoms with van der Waals surface area (Å²) in [6.07, 6.45) is 1.61. The summed E-state index contributed by atoms with van der Waals surface area (Å²) in [6, 6.07) is 15.6. The molecule has 0 unspecified atom stereocenters. The van der Waals surface area contributed by atoms with Crippen molar-refractivity contribution in [1.29, 1.82) is 0 Å². The van der Waals surface area contributed by atoms with Gasteiger partial charge < -0.3 is 25.1 Å². The lowest BCUT2D eigenvalue weighted by molar-refractivity contribution is -0.131. The number of nitrogens with one attached hydrogen (secondary N) is 1. The highest BCUT2D eigenvalue weighted by molar-refractivity contribution is 6.06. The molecule has 4 rings (SSSR count). The molecule has 33 heavy (non-hydrogen) atoms. The first-order valence-electron chi connectivity index (χ1n) is 11.1. The predicted molar refractivity (Wildman–Crippen MR) is 129 cm³/mol. The molecule has 0 aliphatic carbocycles. The number of carbonyl (C=O) groups is 1. The number of ether oxygens (including phenoxy) is 2. The van der Waals surface area contributed by atoms with Crippen LogP contribution in [-0.4, -0.2) is 40.8 Å². The maximum absolute atomic E-state index is 11.2. The summed E-state index contributed by atoms with van der Waals surface area (Å²) in [7, 11) is 1.69. The van der Waals surface area contributed by atoms with Crippen LogP contribution < -0.4 is 15.8 Å². The van der Waals surface area contributed by atoms with Crippen LogP contribution in [0.3, 0.4) is 0 Å². The lowest BCUT2D eigenvalue weighted by Crippen LogP contribution is -2.17. The number of hydrogen-bond acceptors (Lipinski definition) is 7. The van der Waals surface area contributed by atoms with E-state index in [0.29, 0.717) is 31.1 Å². The van der Waals surface area contributed by atoms with E-state index in [1.54, 1.807) is 13.2 Å². The number of para-hydroxylation sites is 1. The Kier molecular flexibility index (Phi) is 7.16. The molecular weight excluding hydrogens is 418 g/mol. The molecule has 0 aliphatic rings. The molecule has 0 bridgehead atoms. The Bertz CT molecular complexity index is 1270.